The van der Waals surface area contributed by atoms with Gasteiger partial charge < -0.3 is 15.0 Å². The number of nitrogens with one attached hydrogen (secondary N) is 1. The highest BCUT2D eigenvalue weighted by Crippen LogP contribution is 2.19. The molecule has 1 heterocycles. The van der Waals surface area contributed by atoms with Gasteiger partial charge >= 0.3 is 0 Å². The molecule has 0 radical (unpaired) electrons. The van der Waals surface area contributed by atoms with E-state index in [4.69, 9.17) is 4.74 Å². The Hall–Kier alpha value is -2.07. The highest BCUT2D eigenvalue weighted by atomic mass is 16.5. The van der Waals surface area contributed by atoms with Crippen LogP contribution < -0.4 is 5.32 Å². The van der Waals surface area contributed by atoms with Gasteiger partial charge in [-0.1, -0.05) is 30.3 Å². The van der Waals surface area contributed by atoms with Crippen molar-refractivity contribution in [2.75, 3.05) is 31.6 Å². The second-order valence-electron chi connectivity index (χ2n) is 5.37. The van der Waals surface area contributed by atoms with Crippen molar-refractivity contribution in [2.45, 2.75) is 13.0 Å². The molecule has 2 aromatic rings. The second kappa shape index (κ2) is 6.14. The van der Waals surface area contributed by atoms with Gasteiger partial charge in [-0.3, -0.25) is 4.79 Å². The Morgan fingerprint density at radius 3 is 2.62 bits per heavy atom. The minimum Gasteiger partial charge on any atom is -0.378 e. The maximum Gasteiger partial charge on any atom is 0.244 e. The van der Waals surface area contributed by atoms with Crippen LogP contribution in [-0.2, 0) is 9.53 Å². The molecule has 21 heavy (non-hydrogen) atoms. The summed E-state index contributed by atoms with van der Waals surface area (Å²) in [5.74, 6) is 0.131. The average Bonchev–Trinajstić information content (AvgIpc) is 2.55. The fourth-order valence-electron chi connectivity index (χ4n) is 2.65. The molecule has 110 valence electrons. The molecule has 1 fully saturated rings. The fraction of sp³-hybridized carbons (Fsp3) is 0.353. The molecule has 4 nitrogen and oxygen atoms in total. The number of carbonyl (C=O) groups is 1. The average molecular weight is 284 g/mol. The molecule has 2 aromatic carbocycles. The van der Waals surface area contributed by atoms with Crippen LogP contribution in [0.5, 0.6) is 0 Å². The number of hydrogen-bond acceptors (Lipinski definition) is 3. The number of rotatable bonds is 3. The van der Waals surface area contributed by atoms with Crippen molar-refractivity contribution >= 4 is 22.4 Å². The largest absolute Gasteiger partial charge is 0.378 e. The third-order valence-electron chi connectivity index (χ3n) is 3.83. The summed E-state index contributed by atoms with van der Waals surface area (Å²) in [6.45, 7) is 4.54. The van der Waals surface area contributed by atoms with Crippen molar-refractivity contribution in [1.29, 1.82) is 0 Å². The number of ether oxygens (including phenoxy) is 1. The number of nitrogens with zero attached hydrogens (tertiary/aromatic N) is 1. The van der Waals surface area contributed by atoms with E-state index in [1.807, 2.05) is 30.0 Å². The Labute approximate surface area is 124 Å². The van der Waals surface area contributed by atoms with Crippen LogP contribution in [0, 0.1) is 0 Å². The van der Waals surface area contributed by atoms with E-state index in [1.54, 1.807) is 0 Å². The van der Waals surface area contributed by atoms with Crippen molar-refractivity contribution in [3.05, 3.63) is 42.5 Å². The molecule has 1 atom stereocenters. The molecular weight excluding hydrogens is 264 g/mol. The molecule has 1 aliphatic heterocycles. The minimum absolute atomic E-state index is 0.131. The smallest absolute Gasteiger partial charge is 0.244 e. The third-order valence-corrected chi connectivity index (χ3v) is 3.83. The standard InChI is InChI=1S/C17H20N2O2/c1-13(17(20)19-8-10-21-11-9-19)18-16-7-6-14-4-2-3-5-15(14)12-16/h2-7,12-13,18H,8-11H2,1H3. The number of morpholine rings is 1. The molecule has 1 amide bonds. The number of anilines is 1. The lowest BCUT2D eigenvalue weighted by Crippen LogP contribution is -2.46. The van der Waals surface area contributed by atoms with Gasteiger partial charge in [0.1, 0.15) is 6.04 Å². The van der Waals surface area contributed by atoms with Crippen LogP contribution in [0.25, 0.3) is 10.8 Å². The van der Waals surface area contributed by atoms with Crippen LogP contribution in [-0.4, -0.2) is 43.2 Å². The van der Waals surface area contributed by atoms with Crippen molar-refractivity contribution < 1.29 is 9.53 Å². The zero-order valence-corrected chi connectivity index (χ0v) is 12.2. The van der Waals surface area contributed by atoms with E-state index in [-0.39, 0.29) is 11.9 Å². The summed E-state index contributed by atoms with van der Waals surface area (Å²) in [6, 6.07) is 14.2. The van der Waals surface area contributed by atoms with Gasteiger partial charge in [0, 0.05) is 18.8 Å². The van der Waals surface area contributed by atoms with Crippen LogP contribution in [0.15, 0.2) is 42.5 Å². The highest BCUT2D eigenvalue weighted by molar-refractivity contribution is 5.88. The topological polar surface area (TPSA) is 41.6 Å². The summed E-state index contributed by atoms with van der Waals surface area (Å²) in [7, 11) is 0. The zero-order chi connectivity index (χ0) is 14.7. The first kappa shape index (κ1) is 13.9. The Balaban J connectivity index is 1.70. The van der Waals surface area contributed by atoms with Crippen LogP contribution >= 0.6 is 0 Å². The van der Waals surface area contributed by atoms with Gasteiger partial charge in [-0.2, -0.15) is 0 Å². The second-order valence-corrected chi connectivity index (χ2v) is 5.37. The molecule has 0 spiro atoms. The maximum absolute atomic E-state index is 12.4. The molecule has 0 aliphatic carbocycles. The van der Waals surface area contributed by atoms with Crippen molar-refractivity contribution in [3.63, 3.8) is 0 Å². The van der Waals surface area contributed by atoms with Crippen molar-refractivity contribution in [1.82, 2.24) is 4.90 Å². The summed E-state index contributed by atoms with van der Waals surface area (Å²) < 4.78 is 5.28. The lowest BCUT2D eigenvalue weighted by atomic mass is 10.1. The number of fused-ring (bicyclic) bond motifs is 1. The number of benzene rings is 2. The fourth-order valence-corrected chi connectivity index (χ4v) is 2.65. The minimum atomic E-state index is -0.232. The van der Waals surface area contributed by atoms with Crippen LogP contribution in [0.1, 0.15) is 6.92 Å². The lowest BCUT2D eigenvalue weighted by Gasteiger charge is -2.29. The van der Waals surface area contributed by atoms with Crippen LogP contribution in [0.3, 0.4) is 0 Å². The SMILES string of the molecule is CC(Nc1ccc2ccccc2c1)C(=O)N1CCOCC1. The van der Waals surface area contributed by atoms with Crippen molar-refractivity contribution in [3.8, 4) is 0 Å². The van der Waals surface area contributed by atoms with E-state index >= 15 is 0 Å². The van der Waals surface area contributed by atoms with Crippen molar-refractivity contribution in [2.24, 2.45) is 0 Å². The van der Waals surface area contributed by atoms with E-state index in [1.165, 1.54) is 10.8 Å². The molecule has 4 heteroatoms. The molecule has 1 unspecified atom stereocenters. The Morgan fingerprint density at radius 2 is 1.86 bits per heavy atom. The molecule has 3 rings (SSSR count). The first-order valence-corrected chi connectivity index (χ1v) is 7.36. The van der Waals surface area contributed by atoms with Crippen LogP contribution in [0.2, 0.25) is 0 Å². The summed E-state index contributed by atoms with van der Waals surface area (Å²) in [4.78, 5) is 14.2. The van der Waals surface area contributed by atoms with Gasteiger partial charge in [0.15, 0.2) is 0 Å². The van der Waals surface area contributed by atoms with E-state index < -0.39 is 0 Å². The monoisotopic (exact) mass is 284 g/mol. The molecule has 0 bridgehead atoms. The molecular formula is C17H20N2O2. The van der Waals surface area contributed by atoms with Gasteiger partial charge in [0.25, 0.3) is 0 Å². The first-order valence-electron chi connectivity index (χ1n) is 7.36. The lowest BCUT2D eigenvalue weighted by molar-refractivity contribution is -0.135. The summed E-state index contributed by atoms with van der Waals surface area (Å²) >= 11 is 0. The summed E-state index contributed by atoms with van der Waals surface area (Å²) in [5.41, 5.74) is 0.975. The number of hydrogen-bond donors (Lipinski definition) is 1. The van der Waals surface area contributed by atoms with Gasteiger partial charge in [-0.15, -0.1) is 0 Å². The Bertz CT molecular complexity index is 635. The zero-order valence-electron chi connectivity index (χ0n) is 12.2. The van der Waals surface area contributed by atoms with Gasteiger partial charge in [0.2, 0.25) is 5.91 Å². The van der Waals surface area contributed by atoms with E-state index in [0.717, 1.165) is 5.69 Å². The molecule has 1 saturated heterocycles. The maximum atomic E-state index is 12.4. The predicted octanol–water partition coefficient (Wildman–Crippen LogP) is 2.50. The third kappa shape index (κ3) is 3.16. The predicted molar refractivity (Wildman–Crippen MR) is 84.4 cm³/mol. The highest BCUT2D eigenvalue weighted by Gasteiger charge is 2.22. The van der Waals surface area contributed by atoms with E-state index in [2.05, 4.69) is 29.6 Å². The Morgan fingerprint density at radius 1 is 1.14 bits per heavy atom. The first-order chi connectivity index (χ1) is 10.2. The van der Waals surface area contributed by atoms with Gasteiger partial charge in [-0.25, -0.2) is 0 Å². The van der Waals surface area contributed by atoms with Crippen LogP contribution in [0.4, 0.5) is 5.69 Å². The molecule has 1 aliphatic rings. The molecule has 0 aromatic heterocycles. The normalized spacial score (nSPS) is 16.7. The van der Waals surface area contributed by atoms with E-state index in [0.29, 0.717) is 26.3 Å². The number of amides is 1. The Kier molecular flexibility index (Phi) is 4.06. The molecule has 1 N–H and O–H groups in total. The molecule has 0 saturated carbocycles. The van der Waals surface area contributed by atoms with E-state index in [9.17, 15) is 4.79 Å². The summed E-state index contributed by atoms with van der Waals surface area (Å²) in [6.07, 6.45) is 0. The van der Waals surface area contributed by atoms with Gasteiger partial charge in [0.05, 0.1) is 13.2 Å². The quantitative estimate of drug-likeness (QED) is 0.941. The van der Waals surface area contributed by atoms with Gasteiger partial charge in [-0.05, 0) is 29.8 Å². The summed E-state index contributed by atoms with van der Waals surface area (Å²) in [5, 5.41) is 5.68. The number of carbonyl (C=O) groups excluding carboxylic acids is 1.